The van der Waals surface area contributed by atoms with Crippen molar-refractivity contribution < 1.29 is 18.6 Å². The van der Waals surface area contributed by atoms with Crippen LogP contribution in [-0.4, -0.2) is 25.9 Å². The monoisotopic (exact) mass is 395 g/mol. The van der Waals surface area contributed by atoms with E-state index in [1.54, 1.807) is 20.3 Å². The first-order valence-electron chi connectivity index (χ1n) is 9.69. The summed E-state index contributed by atoms with van der Waals surface area (Å²) in [6.45, 7) is 5.87. The van der Waals surface area contributed by atoms with Crippen LogP contribution < -0.4 is 19.8 Å². The molecule has 0 saturated heterocycles. The van der Waals surface area contributed by atoms with Gasteiger partial charge in [0.1, 0.15) is 29.6 Å². The van der Waals surface area contributed by atoms with Gasteiger partial charge in [0.15, 0.2) is 0 Å². The third-order valence-electron chi connectivity index (χ3n) is 5.43. The summed E-state index contributed by atoms with van der Waals surface area (Å²) in [6, 6.07) is 9.52. The second-order valence-electron chi connectivity index (χ2n) is 7.25. The molecule has 1 aromatic heterocycles. The van der Waals surface area contributed by atoms with Crippen molar-refractivity contribution in [1.82, 2.24) is 4.90 Å². The van der Waals surface area contributed by atoms with Gasteiger partial charge in [0.05, 0.1) is 14.2 Å². The third kappa shape index (κ3) is 3.56. The Morgan fingerprint density at radius 3 is 2.66 bits per heavy atom. The highest BCUT2D eigenvalue weighted by Crippen LogP contribution is 2.36. The molecule has 0 fully saturated rings. The van der Waals surface area contributed by atoms with Gasteiger partial charge in [-0.25, -0.2) is 4.79 Å². The van der Waals surface area contributed by atoms with E-state index in [-0.39, 0.29) is 5.63 Å². The summed E-state index contributed by atoms with van der Waals surface area (Å²) >= 11 is 0. The highest BCUT2D eigenvalue weighted by Gasteiger charge is 2.23. The second-order valence-corrected chi connectivity index (χ2v) is 7.25. The van der Waals surface area contributed by atoms with E-state index in [1.807, 2.05) is 32.0 Å². The van der Waals surface area contributed by atoms with Crippen molar-refractivity contribution in [2.24, 2.45) is 0 Å². The molecule has 0 bridgehead atoms. The molecule has 0 atom stereocenters. The number of aryl methyl sites for hydroxylation is 2. The topological polar surface area (TPSA) is 61.1 Å². The van der Waals surface area contributed by atoms with Crippen molar-refractivity contribution in [3.63, 3.8) is 0 Å². The van der Waals surface area contributed by atoms with Gasteiger partial charge in [-0.2, -0.15) is 0 Å². The Morgan fingerprint density at radius 2 is 1.93 bits per heavy atom. The maximum absolute atomic E-state index is 11.9. The van der Waals surface area contributed by atoms with E-state index in [2.05, 4.69) is 11.0 Å². The summed E-state index contributed by atoms with van der Waals surface area (Å²) in [5, 5.41) is 0.982. The van der Waals surface area contributed by atoms with Crippen LogP contribution in [0.2, 0.25) is 0 Å². The van der Waals surface area contributed by atoms with E-state index in [9.17, 15) is 4.79 Å². The first-order chi connectivity index (χ1) is 14.0. The summed E-state index contributed by atoms with van der Waals surface area (Å²) in [7, 11) is 3.30. The number of ether oxygens (including phenoxy) is 3. The lowest BCUT2D eigenvalue weighted by Gasteiger charge is -2.30. The van der Waals surface area contributed by atoms with Crippen LogP contribution >= 0.6 is 0 Å². The van der Waals surface area contributed by atoms with Crippen molar-refractivity contribution in [2.45, 2.75) is 33.4 Å². The third-order valence-corrected chi connectivity index (χ3v) is 5.43. The van der Waals surface area contributed by atoms with E-state index in [1.165, 1.54) is 0 Å². The van der Waals surface area contributed by atoms with E-state index in [0.717, 1.165) is 57.9 Å². The zero-order chi connectivity index (χ0) is 20.5. The van der Waals surface area contributed by atoms with Gasteiger partial charge in [-0.05, 0) is 31.0 Å². The van der Waals surface area contributed by atoms with Gasteiger partial charge in [0.2, 0.25) is 0 Å². The molecule has 29 heavy (non-hydrogen) atoms. The van der Waals surface area contributed by atoms with Gasteiger partial charge in [-0.15, -0.1) is 0 Å². The van der Waals surface area contributed by atoms with Gasteiger partial charge >= 0.3 is 5.63 Å². The molecule has 0 saturated carbocycles. The molecular weight excluding hydrogens is 370 g/mol. The van der Waals surface area contributed by atoms with Crippen LogP contribution in [0.25, 0.3) is 11.0 Å². The lowest BCUT2D eigenvalue weighted by Crippen LogP contribution is -2.32. The fourth-order valence-corrected chi connectivity index (χ4v) is 3.95. The number of nitrogens with zero attached hydrogens (tertiary/aromatic N) is 1. The van der Waals surface area contributed by atoms with Crippen LogP contribution in [0.15, 0.2) is 39.5 Å². The largest absolute Gasteiger partial charge is 0.497 e. The van der Waals surface area contributed by atoms with Crippen LogP contribution in [-0.2, 0) is 19.5 Å². The number of hydrogen-bond acceptors (Lipinski definition) is 6. The zero-order valence-electron chi connectivity index (χ0n) is 17.2. The Morgan fingerprint density at radius 1 is 1.10 bits per heavy atom. The van der Waals surface area contributed by atoms with E-state index >= 15 is 0 Å². The molecule has 0 aliphatic carbocycles. The van der Waals surface area contributed by atoms with Crippen molar-refractivity contribution in [2.75, 3.05) is 21.0 Å². The molecule has 0 amide bonds. The molecule has 0 spiro atoms. The number of rotatable bonds is 5. The van der Waals surface area contributed by atoms with E-state index in [4.69, 9.17) is 18.6 Å². The Labute approximate surface area is 169 Å². The van der Waals surface area contributed by atoms with Gasteiger partial charge in [-0.3, -0.25) is 4.90 Å². The molecule has 1 aliphatic heterocycles. The summed E-state index contributed by atoms with van der Waals surface area (Å²) in [6.07, 6.45) is 0.772. The predicted octanol–water partition coefficient (Wildman–Crippen LogP) is 4.03. The van der Waals surface area contributed by atoms with Crippen LogP contribution in [0.3, 0.4) is 0 Å². The molecule has 3 aromatic rings. The fourth-order valence-electron chi connectivity index (χ4n) is 3.95. The van der Waals surface area contributed by atoms with Crippen molar-refractivity contribution >= 4 is 11.0 Å². The Bertz CT molecular complexity index is 1120. The first kappa shape index (κ1) is 19.3. The maximum atomic E-state index is 11.9. The average Bonchev–Trinajstić information content (AvgIpc) is 2.74. The van der Waals surface area contributed by atoms with Crippen molar-refractivity contribution in [3.8, 4) is 17.2 Å². The minimum absolute atomic E-state index is 0.318. The maximum Gasteiger partial charge on any atom is 0.336 e. The van der Waals surface area contributed by atoms with Gasteiger partial charge in [-0.1, -0.05) is 13.0 Å². The number of benzene rings is 2. The molecule has 6 nitrogen and oxygen atoms in total. The van der Waals surface area contributed by atoms with Crippen LogP contribution in [0.1, 0.15) is 29.2 Å². The molecule has 2 heterocycles. The summed E-state index contributed by atoms with van der Waals surface area (Å²) in [5.41, 5.74) is 4.35. The smallest absolute Gasteiger partial charge is 0.336 e. The quantitative estimate of drug-likeness (QED) is 0.608. The molecule has 2 aromatic carbocycles. The summed E-state index contributed by atoms with van der Waals surface area (Å²) < 4.78 is 22.4. The number of methoxy groups -OCH3 is 2. The molecular formula is C23H25NO5. The Balaban J connectivity index is 1.67. The highest BCUT2D eigenvalue weighted by molar-refractivity contribution is 5.86. The summed E-state index contributed by atoms with van der Waals surface area (Å²) in [5.74, 6) is 2.37. The number of hydrogen-bond donors (Lipinski definition) is 0. The molecule has 6 heteroatoms. The van der Waals surface area contributed by atoms with Crippen LogP contribution in [0.5, 0.6) is 17.2 Å². The lowest BCUT2D eigenvalue weighted by atomic mass is 9.99. The average molecular weight is 395 g/mol. The van der Waals surface area contributed by atoms with E-state index in [0.29, 0.717) is 18.9 Å². The van der Waals surface area contributed by atoms with Crippen molar-refractivity contribution in [1.29, 1.82) is 0 Å². The molecule has 0 unspecified atom stereocenters. The SMILES string of the molecule is CCc1cc(=O)oc2c(C)c3c(cc12)CN(Cc1ccc(OC)cc1OC)CO3. The zero-order valence-corrected chi connectivity index (χ0v) is 17.2. The fraction of sp³-hybridized carbons (Fsp3) is 0.348. The lowest BCUT2D eigenvalue weighted by molar-refractivity contribution is 0.0873. The standard InChI is InChI=1S/C23H25NO5/c1-5-15-9-21(25)29-23-14(2)22-17(8-19(15)23)12-24(13-28-22)11-16-6-7-18(26-3)10-20(16)27-4/h6-10H,5,11-13H2,1-4H3. The minimum Gasteiger partial charge on any atom is -0.497 e. The van der Waals surface area contributed by atoms with E-state index < -0.39 is 0 Å². The molecule has 0 radical (unpaired) electrons. The second kappa shape index (κ2) is 7.79. The van der Waals surface area contributed by atoms with Gasteiger partial charge < -0.3 is 18.6 Å². The van der Waals surface area contributed by atoms with Gasteiger partial charge in [0, 0.05) is 47.3 Å². The van der Waals surface area contributed by atoms with Crippen molar-refractivity contribution in [3.05, 3.63) is 63.0 Å². The Hall–Kier alpha value is -2.99. The molecule has 4 rings (SSSR count). The Kier molecular flexibility index (Phi) is 5.20. The van der Waals surface area contributed by atoms with Crippen LogP contribution in [0.4, 0.5) is 0 Å². The highest BCUT2D eigenvalue weighted by atomic mass is 16.5. The normalized spacial score (nSPS) is 13.8. The number of fused-ring (bicyclic) bond motifs is 2. The molecule has 0 N–H and O–H groups in total. The minimum atomic E-state index is -0.318. The molecule has 152 valence electrons. The van der Waals surface area contributed by atoms with Gasteiger partial charge in [0.25, 0.3) is 0 Å². The predicted molar refractivity (Wildman–Crippen MR) is 111 cm³/mol. The van der Waals surface area contributed by atoms with Crippen LogP contribution in [0, 0.1) is 6.92 Å². The summed E-state index contributed by atoms with van der Waals surface area (Å²) in [4.78, 5) is 14.1. The first-order valence-corrected chi connectivity index (χ1v) is 9.69. The molecule has 1 aliphatic rings.